The maximum absolute atomic E-state index is 12.0. The normalized spacial score (nSPS) is 13.2. The third-order valence-electron chi connectivity index (χ3n) is 2.91. The van der Waals surface area contributed by atoms with Gasteiger partial charge in [-0.2, -0.15) is 0 Å². The van der Waals surface area contributed by atoms with Crippen LogP contribution in [0.4, 0.5) is 0 Å². The molecule has 1 aromatic carbocycles. The summed E-state index contributed by atoms with van der Waals surface area (Å²) in [6.45, 7) is 5.92. The van der Waals surface area contributed by atoms with E-state index in [1.54, 1.807) is 12.1 Å². The third-order valence-corrected chi connectivity index (χ3v) is 5.74. The van der Waals surface area contributed by atoms with Crippen LogP contribution in [0.25, 0.3) is 0 Å². The van der Waals surface area contributed by atoms with E-state index in [1.165, 1.54) is 0 Å². The molecule has 0 radical (unpaired) electrons. The molecule has 0 spiro atoms. The van der Waals surface area contributed by atoms with Gasteiger partial charge in [0.1, 0.15) is 0 Å². The third kappa shape index (κ3) is 4.80. The summed E-state index contributed by atoms with van der Waals surface area (Å²) < 4.78 is 0. The summed E-state index contributed by atoms with van der Waals surface area (Å²) in [6.07, 6.45) is 0.432. The average molecular weight is 402 g/mol. The van der Waals surface area contributed by atoms with Gasteiger partial charge < -0.3 is 5.32 Å². The van der Waals surface area contributed by atoms with Gasteiger partial charge in [-0.3, -0.25) is 4.79 Å². The summed E-state index contributed by atoms with van der Waals surface area (Å²) >= 11 is 21.5. The van der Waals surface area contributed by atoms with E-state index in [1.807, 2.05) is 20.8 Å². The van der Waals surface area contributed by atoms with Crippen molar-refractivity contribution in [3.63, 3.8) is 0 Å². The van der Waals surface area contributed by atoms with E-state index < -0.39 is 0 Å². The molecule has 112 valence electrons. The van der Waals surface area contributed by atoms with Crippen molar-refractivity contribution in [2.45, 2.75) is 33.2 Å². The number of hydrogen-bond acceptors (Lipinski definition) is 1. The van der Waals surface area contributed by atoms with E-state index in [9.17, 15) is 4.79 Å². The molecule has 1 aromatic rings. The molecule has 6 heteroatoms. The number of carbonyl (C=O) groups is 1. The first-order valence-electron chi connectivity index (χ1n) is 6.16. The zero-order valence-electron chi connectivity index (χ0n) is 11.6. The Morgan fingerprint density at radius 2 is 1.90 bits per heavy atom. The summed E-state index contributed by atoms with van der Waals surface area (Å²) in [5.74, 6) is -0.0240. The van der Waals surface area contributed by atoms with Crippen LogP contribution >= 0.6 is 50.7 Å². The second-order valence-corrected chi connectivity index (χ2v) is 7.25. The number of hydrogen-bond donors (Lipinski definition) is 1. The van der Waals surface area contributed by atoms with Gasteiger partial charge in [-0.1, -0.05) is 70.6 Å². The SMILES string of the molecule is CC(NC(=O)CC(C)(C)CBr)c1ccc(Cl)c(Cl)c1Cl. The molecular formula is C14H17BrCl3NO. The Balaban J connectivity index is 2.80. The highest BCUT2D eigenvalue weighted by atomic mass is 79.9. The quantitative estimate of drug-likeness (QED) is 0.502. The van der Waals surface area contributed by atoms with Crippen molar-refractivity contribution in [3.8, 4) is 0 Å². The molecule has 0 aliphatic rings. The predicted octanol–water partition coefficient (Wildman–Crippen LogP) is 5.64. The van der Waals surface area contributed by atoms with Gasteiger partial charge in [-0.25, -0.2) is 0 Å². The van der Waals surface area contributed by atoms with Crippen LogP contribution in [0.5, 0.6) is 0 Å². The Hall–Kier alpha value is 0.0400. The van der Waals surface area contributed by atoms with Crippen LogP contribution in [0.3, 0.4) is 0 Å². The fraction of sp³-hybridized carbons (Fsp3) is 0.500. The van der Waals surface area contributed by atoms with E-state index in [0.29, 0.717) is 21.5 Å². The van der Waals surface area contributed by atoms with Gasteiger partial charge in [0.15, 0.2) is 0 Å². The lowest BCUT2D eigenvalue weighted by atomic mass is 9.91. The molecule has 1 atom stereocenters. The molecule has 0 aliphatic heterocycles. The van der Waals surface area contributed by atoms with Crippen LogP contribution in [0.2, 0.25) is 15.1 Å². The highest BCUT2D eigenvalue weighted by Gasteiger charge is 2.22. The predicted molar refractivity (Wildman–Crippen MR) is 90.2 cm³/mol. The largest absolute Gasteiger partial charge is 0.350 e. The highest BCUT2D eigenvalue weighted by Crippen LogP contribution is 2.35. The van der Waals surface area contributed by atoms with Crippen LogP contribution in [-0.4, -0.2) is 11.2 Å². The molecule has 20 heavy (non-hydrogen) atoms. The molecule has 0 fully saturated rings. The van der Waals surface area contributed by atoms with Gasteiger partial charge in [0.05, 0.1) is 21.1 Å². The topological polar surface area (TPSA) is 29.1 Å². The minimum Gasteiger partial charge on any atom is -0.350 e. The summed E-state index contributed by atoms with van der Waals surface area (Å²) in [5, 5.41) is 4.78. The second kappa shape index (κ2) is 7.35. The molecule has 0 aromatic heterocycles. The number of nitrogens with one attached hydrogen (secondary N) is 1. The van der Waals surface area contributed by atoms with Gasteiger partial charge in [0.2, 0.25) is 5.91 Å². The lowest BCUT2D eigenvalue weighted by molar-refractivity contribution is -0.123. The van der Waals surface area contributed by atoms with E-state index >= 15 is 0 Å². The molecule has 1 unspecified atom stereocenters. The Morgan fingerprint density at radius 3 is 2.45 bits per heavy atom. The lowest BCUT2D eigenvalue weighted by Gasteiger charge is -2.23. The molecular weight excluding hydrogens is 384 g/mol. The fourth-order valence-corrected chi connectivity index (χ4v) is 2.63. The molecule has 0 saturated heterocycles. The molecule has 0 aliphatic carbocycles. The maximum Gasteiger partial charge on any atom is 0.221 e. The van der Waals surface area contributed by atoms with Gasteiger partial charge in [0, 0.05) is 11.8 Å². The van der Waals surface area contributed by atoms with Gasteiger partial charge >= 0.3 is 0 Å². The monoisotopic (exact) mass is 399 g/mol. The number of rotatable bonds is 5. The molecule has 1 amide bonds. The Bertz CT molecular complexity index is 505. The second-order valence-electron chi connectivity index (χ2n) is 5.53. The first kappa shape index (κ1) is 18.1. The van der Waals surface area contributed by atoms with Crippen LogP contribution < -0.4 is 5.32 Å². The molecule has 1 rings (SSSR count). The Kier molecular flexibility index (Phi) is 6.65. The van der Waals surface area contributed by atoms with Crippen LogP contribution in [0, 0.1) is 5.41 Å². The minimum absolute atomic E-state index is 0.0240. The molecule has 2 nitrogen and oxygen atoms in total. The highest BCUT2D eigenvalue weighted by molar-refractivity contribution is 9.09. The Labute approximate surface area is 143 Å². The number of carbonyl (C=O) groups excluding carboxylic acids is 1. The molecule has 0 bridgehead atoms. The summed E-state index contributed by atoms with van der Waals surface area (Å²) in [5.41, 5.74) is 0.664. The summed E-state index contributed by atoms with van der Waals surface area (Å²) in [7, 11) is 0. The van der Waals surface area contributed by atoms with E-state index in [4.69, 9.17) is 34.8 Å². The zero-order chi connectivity index (χ0) is 15.5. The van der Waals surface area contributed by atoms with E-state index in [-0.39, 0.29) is 17.4 Å². The van der Waals surface area contributed by atoms with Crippen LogP contribution in [-0.2, 0) is 4.79 Å². The number of halogens is 4. The number of amides is 1. The first-order valence-corrected chi connectivity index (χ1v) is 8.42. The van der Waals surface area contributed by atoms with Crippen molar-refractivity contribution in [2.24, 2.45) is 5.41 Å². The molecule has 1 N–H and O–H groups in total. The maximum atomic E-state index is 12.0. The molecule has 0 saturated carbocycles. The molecule has 0 heterocycles. The van der Waals surface area contributed by atoms with Crippen molar-refractivity contribution in [2.75, 3.05) is 5.33 Å². The number of benzene rings is 1. The van der Waals surface area contributed by atoms with Crippen molar-refractivity contribution >= 4 is 56.6 Å². The van der Waals surface area contributed by atoms with Crippen LogP contribution in [0.15, 0.2) is 12.1 Å². The average Bonchev–Trinajstić information content (AvgIpc) is 2.35. The minimum atomic E-state index is -0.226. The van der Waals surface area contributed by atoms with Crippen molar-refractivity contribution in [3.05, 3.63) is 32.8 Å². The smallest absolute Gasteiger partial charge is 0.221 e. The van der Waals surface area contributed by atoms with Crippen molar-refractivity contribution < 1.29 is 4.79 Å². The lowest BCUT2D eigenvalue weighted by Crippen LogP contribution is -2.31. The van der Waals surface area contributed by atoms with Gasteiger partial charge in [0.25, 0.3) is 0 Å². The Morgan fingerprint density at radius 1 is 1.30 bits per heavy atom. The van der Waals surface area contributed by atoms with E-state index in [0.717, 1.165) is 10.9 Å². The van der Waals surface area contributed by atoms with Crippen molar-refractivity contribution in [1.82, 2.24) is 5.32 Å². The van der Waals surface area contributed by atoms with Gasteiger partial charge in [-0.15, -0.1) is 0 Å². The summed E-state index contributed by atoms with van der Waals surface area (Å²) in [6, 6.07) is 3.23. The van der Waals surface area contributed by atoms with E-state index in [2.05, 4.69) is 21.2 Å². The number of alkyl halides is 1. The summed E-state index contributed by atoms with van der Waals surface area (Å²) in [4.78, 5) is 12.0. The zero-order valence-corrected chi connectivity index (χ0v) is 15.4. The van der Waals surface area contributed by atoms with Crippen LogP contribution in [0.1, 0.15) is 38.8 Å². The standard InChI is InChI=1S/C14H17BrCl3NO/c1-8(19-11(20)6-14(2,3)7-15)9-4-5-10(16)13(18)12(9)17/h4-5,8H,6-7H2,1-3H3,(H,19,20). The fourth-order valence-electron chi connectivity index (χ4n) is 1.73. The first-order chi connectivity index (χ1) is 9.18. The van der Waals surface area contributed by atoms with Crippen molar-refractivity contribution in [1.29, 1.82) is 0 Å². The van der Waals surface area contributed by atoms with Gasteiger partial charge in [-0.05, 0) is 24.0 Å².